The van der Waals surface area contributed by atoms with Gasteiger partial charge in [0.25, 0.3) is 17.7 Å². The summed E-state index contributed by atoms with van der Waals surface area (Å²) in [5.41, 5.74) is 4.40. The van der Waals surface area contributed by atoms with E-state index in [1.807, 2.05) is 6.07 Å². The highest BCUT2D eigenvalue weighted by molar-refractivity contribution is 6.22. The van der Waals surface area contributed by atoms with Gasteiger partial charge < -0.3 is 4.90 Å². The van der Waals surface area contributed by atoms with Crippen LogP contribution >= 0.6 is 0 Å². The summed E-state index contributed by atoms with van der Waals surface area (Å²) in [6, 6.07) is 10.9. The molecule has 0 unspecified atom stereocenters. The maximum absolute atomic E-state index is 13.0. The highest BCUT2D eigenvalue weighted by Crippen LogP contribution is 2.34. The van der Waals surface area contributed by atoms with Crippen LogP contribution in [0, 0.1) is 0 Å². The Morgan fingerprint density at radius 3 is 2.46 bits per heavy atom. The third kappa shape index (κ3) is 2.51. The number of fused-ring (bicyclic) bond motifs is 2. The molecule has 0 spiro atoms. The summed E-state index contributed by atoms with van der Waals surface area (Å²) in [4.78, 5) is 38.2. The number of carbonyl (C=O) groups excluding carboxylic acids is 3. The van der Waals surface area contributed by atoms with E-state index >= 15 is 0 Å². The second kappa shape index (κ2) is 5.53. The molecule has 2 aliphatic heterocycles. The molecule has 0 aliphatic carbocycles. The lowest BCUT2D eigenvalue weighted by atomic mass is 9.86. The number of benzene rings is 2. The SMILES string of the molecule is CC(C)(C)c1ccc2c(c1)CCN2C(=O)c1ccc2c(c1)C(=O)NC2=O. The largest absolute Gasteiger partial charge is 0.308 e. The third-order valence-corrected chi connectivity index (χ3v) is 5.07. The predicted octanol–water partition coefficient (Wildman–Crippen LogP) is 3.07. The predicted molar refractivity (Wildman–Crippen MR) is 98.8 cm³/mol. The smallest absolute Gasteiger partial charge is 0.258 e. The van der Waals surface area contributed by atoms with Crippen LogP contribution in [0.4, 0.5) is 5.69 Å². The number of imide groups is 1. The summed E-state index contributed by atoms with van der Waals surface area (Å²) in [5, 5.41) is 2.25. The van der Waals surface area contributed by atoms with E-state index in [9.17, 15) is 14.4 Å². The molecule has 0 saturated heterocycles. The molecular weight excluding hydrogens is 328 g/mol. The normalized spacial score (nSPS) is 15.7. The maximum atomic E-state index is 13.0. The number of hydrogen-bond acceptors (Lipinski definition) is 3. The molecule has 0 saturated carbocycles. The van der Waals surface area contributed by atoms with Crippen LogP contribution in [0.15, 0.2) is 36.4 Å². The Bertz CT molecular complexity index is 970. The third-order valence-electron chi connectivity index (χ3n) is 5.07. The first kappa shape index (κ1) is 16.5. The van der Waals surface area contributed by atoms with Crippen molar-refractivity contribution in [3.8, 4) is 0 Å². The van der Waals surface area contributed by atoms with Gasteiger partial charge in [-0.3, -0.25) is 19.7 Å². The van der Waals surface area contributed by atoms with Gasteiger partial charge in [-0.1, -0.05) is 32.9 Å². The second-order valence-electron chi connectivity index (χ2n) is 7.84. The molecule has 3 amide bonds. The molecule has 0 fully saturated rings. The van der Waals surface area contributed by atoms with Gasteiger partial charge in [0.15, 0.2) is 0 Å². The van der Waals surface area contributed by atoms with E-state index in [1.165, 1.54) is 17.2 Å². The fourth-order valence-corrected chi connectivity index (χ4v) is 3.54. The van der Waals surface area contributed by atoms with Gasteiger partial charge in [-0.15, -0.1) is 0 Å². The Balaban J connectivity index is 1.67. The first-order valence-corrected chi connectivity index (χ1v) is 8.71. The van der Waals surface area contributed by atoms with Crippen molar-refractivity contribution in [3.05, 3.63) is 64.2 Å². The van der Waals surface area contributed by atoms with Gasteiger partial charge in [-0.05, 0) is 47.2 Å². The van der Waals surface area contributed by atoms with Crippen molar-refractivity contribution >= 4 is 23.4 Å². The summed E-state index contributed by atoms with van der Waals surface area (Å²) in [5.74, 6) is -1.01. The molecule has 0 atom stereocenters. The molecule has 1 N–H and O–H groups in total. The highest BCUT2D eigenvalue weighted by atomic mass is 16.2. The maximum Gasteiger partial charge on any atom is 0.258 e. The number of hydrogen-bond donors (Lipinski definition) is 1. The summed E-state index contributed by atoms with van der Waals surface area (Å²) in [7, 11) is 0. The first-order valence-electron chi connectivity index (χ1n) is 8.71. The van der Waals surface area contributed by atoms with Gasteiger partial charge in [0.2, 0.25) is 0 Å². The van der Waals surface area contributed by atoms with E-state index in [1.54, 1.807) is 17.0 Å². The average molecular weight is 348 g/mol. The molecule has 5 nitrogen and oxygen atoms in total. The number of nitrogens with one attached hydrogen (secondary N) is 1. The standard InChI is InChI=1S/C21H20N2O3/c1-21(2,3)14-5-7-17-12(10-14)8-9-23(17)20(26)13-4-6-15-16(11-13)19(25)22-18(15)24/h4-7,10-11H,8-9H2,1-3H3,(H,22,24,25). The van der Waals surface area contributed by atoms with Crippen molar-refractivity contribution in [2.24, 2.45) is 0 Å². The molecule has 2 aromatic rings. The topological polar surface area (TPSA) is 66.5 Å². The number of nitrogens with zero attached hydrogens (tertiary/aromatic N) is 1. The molecule has 2 aromatic carbocycles. The molecule has 0 aromatic heterocycles. The van der Waals surface area contributed by atoms with E-state index in [4.69, 9.17) is 0 Å². The Labute approximate surface area is 152 Å². The van der Waals surface area contributed by atoms with E-state index < -0.39 is 11.8 Å². The van der Waals surface area contributed by atoms with Crippen molar-refractivity contribution in [3.63, 3.8) is 0 Å². The first-order chi connectivity index (χ1) is 12.3. The fraction of sp³-hybridized carbons (Fsp3) is 0.286. The average Bonchev–Trinajstić information content (AvgIpc) is 3.14. The Kier molecular flexibility index (Phi) is 3.51. The number of carbonyl (C=O) groups is 3. The minimum Gasteiger partial charge on any atom is -0.308 e. The number of amides is 3. The van der Waals surface area contributed by atoms with Gasteiger partial charge in [0, 0.05) is 17.8 Å². The molecule has 26 heavy (non-hydrogen) atoms. The lowest BCUT2D eigenvalue weighted by Gasteiger charge is -2.22. The summed E-state index contributed by atoms with van der Waals surface area (Å²) in [6.45, 7) is 7.13. The van der Waals surface area contributed by atoms with Crippen molar-refractivity contribution in [1.82, 2.24) is 5.32 Å². The van der Waals surface area contributed by atoms with Gasteiger partial charge in [-0.2, -0.15) is 0 Å². The van der Waals surface area contributed by atoms with Crippen molar-refractivity contribution < 1.29 is 14.4 Å². The van der Waals surface area contributed by atoms with Gasteiger partial charge in [0.05, 0.1) is 11.1 Å². The molecule has 0 bridgehead atoms. The minimum absolute atomic E-state index is 0.0618. The quantitative estimate of drug-likeness (QED) is 0.806. The van der Waals surface area contributed by atoms with Crippen LogP contribution in [-0.4, -0.2) is 24.3 Å². The van der Waals surface area contributed by atoms with Crippen LogP contribution in [0.3, 0.4) is 0 Å². The zero-order valence-corrected chi connectivity index (χ0v) is 15.1. The highest BCUT2D eigenvalue weighted by Gasteiger charge is 2.31. The van der Waals surface area contributed by atoms with Crippen LogP contribution in [0.5, 0.6) is 0 Å². The molecule has 132 valence electrons. The van der Waals surface area contributed by atoms with Gasteiger partial charge in [0.1, 0.15) is 0 Å². The summed E-state index contributed by atoms with van der Waals surface area (Å²) >= 11 is 0. The lowest BCUT2D eigenvalue weighted by molar-refractivity contribution is 0.0879. The fourth-order valence-electron chi connectivity index (χ4n) is 3.54. The molecule has 2 heterocycles. The zero-order valence-electron chi connectivity index (χ0n) is 15.1. The molecule has 4 rings (SSSR count). The number of anilines is 1. The summed E-state index contributed by atoms with van der Waals surface area (Å²) < 4.78 is 0. The number of rotatable bonds is 1. The monoisotopic (exact) mass is 348 g/mol. The zero-order chi connectivity index (χ0) is 18.6. The van der Waals surface area contributed by atoms with Crippen molar-refractivity contribution in [2.75, 3.05) is 11.4 Å². The molecule has 0 radical (unpaired) electrons. The lowest BCUT2D eigenvalue weighted by Crippen LogP contribution is -2.29. The van der Waals surface area contributed by atoms with Gasteiger partial charge in [-0.25, -0.2) is 0 Å². The Morgan fingerprint density at radius 2 is 1.73 bits per heavy atom. The molecule has 5 heteroatoms. The van der Waals surface area contributed by atoms with Crippen molar-refractivity contribution in [2.45, 2.75) is 32.6 Å². The van der Waals surface area contributed by atoms with Gasteiger partial charge >= 0.3 is 0 Å². The molecular formula is C21H20N2O3. The Morgan fingerprint density at radius 1 is 1.00 bits per heavy atom. The van der Waals surface area contributed by atoms with Crippen molar-refractivity contribution in [1.29, 1.82) is 0 Å². The molecule has 2 aliphatic rings. The van der Waals surface area contributed by atoms with E-state index in [-0.39, 0.29) is 16.9 Å². The van der Waals surface area contributed by atoms with Crippen LogP contribution in [-0.2, 0) is 11.8 Å². The van der Waals surface area contributed by atoms with Crippen LogP contribution < -0.4 is 10.2 Å². The van der Waals surface area contributed by atoms with E-state index in [0.717, 1.165) is 12.1 Å². The Hall–Kier alpha value is -2.95. The van der Waals surface area contributed by atoms with E-state index in [2.05, 4.69) is 38.2 Å². The second-order valence-corrected chi connectivity index (χ2v) is 7.84. The van der Waals surface area contributed by atoms with E-state index in [0.29, 0.717) is 17.7 Å². The summed E-state index contributed by atoms with van der Waals surface area (Å²) in [6.07, 6.45) is 0.814. The van der Waals surface area contributed by atoms with Crippen LogP contribution in [0.2, 0.25) is 0 Å². The van der Waals surface area contributed by atoms with Crippen LogP contribution in [0.1, 0.15) is 63.0 Å². The minimum atomic E-state index is -0.448. The van der Waals surface area contributed by atoms with Crippen LogP contribution in [0.25, 0.3) is 0 Å².